The Hall–Kier alpha value is -2.34. The molecule has 12 heteroatoms. The molecule has 3 aromatic rings. The van der Waals surface area contributed by atoms with Crippen molar-refractivity contribution in [1.82, 2.24) is 20.2 Å². The third-order valence-electron chi connectivity index (χ3n) is 3.64. The number of sulfone groups is 1. The fourth-order valence-corrected chi connectivity index (χ4v) is 4.59. The monoisotopic (exact) mass is 481 g/mol. The Morgan fingerprint density at radius 1 is 1.27 bits per heavy atom. The van der Waals surface area contributed by atoms with Crippen LogP contribution >= 0.6 is 34.7 Å². The van der Waals surface area contributed by atoms with Crippen LogP contribution in [0.4, 0.5) is 5.13 Å². The van der Waals surface area contributed by atoms with Gasteiger partial charge >= 0.3 is 0 Å². The molecule has 8 nitrogen and oxygen atoms in total. The summed E-state index contributed by atoms with van der Waals surface area (Å²) >= 11 is 8.63. The van der Waals surface area contributed by atoms with E-state index >= 15 is 0 Å². The van der Waals surface area contributed by atoms with Crippen LogP contribution in [0.2, 0.25) is 5.02 Å². The number of anilines is 1. The first-order chi connectivity index (χ1) is 14.4. The molecule has 1 aromatic carbocycles. The summed E-state index contributed by atoms with van der Waals surface area (Å²) in [5, 5.41) is 10.2. The van der Waals surface area contributed by atoms with Crippen molar-refractivity contribution >= 4 is 61.7 Å². The summed E-state index contributed by atoms with van der Waals surface area (Å²) in [6, 6.07) is 9.92. The highest BCUT2D eigenvalue weighted by Crippen LogP contribution is 2.26. The van der Waals surface area contributed by atoms with Crippen LogP contribution in [0.1, 0.15) is 23.0 Å². The summed E-state index contributed by atoms with van der Waals surface area (Å²) < 4.78 is 24.5. The number of hydrogen-bond acceptors (Lipinski definition) is 9. The lowest BCUT2D eigenvalue weighted by Crippen LogP contribution is -2.18. The summed E-state index contributed by atoms with van der Waals surface area (Å²) in [5.41, 5.74) is 0.864. The molecule has 0 bridgehead atoms. The van der Waals surface area contributed by atoms with E-state index in [0.29, 0.717) is 10.1 Å². The van der Waals surface area contributed by atoms with Crippen molar-refractivity contribution in [2.45, 2.75) is 16.4 Å². The summed E-state index contributed by atoms with van der Waals surface area (Å²) in [4.78, 5) is 20.0. The molecule has 0 radical (unpaired) electrons. The van der Waals surface area contributed by atoms with Crippen LogP contribution in [0.15, 0.2) is 52.1 Å². The molecule has 2 heterocycles. The maximum atomic E-state index is 12.5. The second-order valence-corrected chi connectivity index (χ2v) is 10.5. The molecule has 3 rings (SSSR count). The summed E-state index contributed by atoms with van der Waals surface area (Å²) in [6.07, 6.45) is 5.11. The Morgan fingerprint density at radius 3 is 2.77 bits per heavy atom. The highest BCUT2D eigenvalue weighted by Gasteiger charge is 2.21. The molecule has 0 aliphatic carbocycles. The Kier molecular flexibility index (Phi) is 7.53. The molecule has 1 amide bonds. The number of carbonyl (C=O) groups excluding carboxylic acids is 1. The van der Waals surface area contributed by atoms with Gasteiger partial charge in [-0.3, -0.25) is 10.1 Å². The number of nitrogens with zero attached hydrogens (tertiary/aromatic N) is 4. The fraction of sp³-hybridized carbons (Fsp3) is 0.167. The van der Waals surface area contributed by atoms with Crippen LogP contribution < -0.4 is 5.32 Å². The minimum atomic E-state index is -3.67. The van der Waals surface area contributed by atoms with E-state index in [1.165, 1.54) is 30.0 Å². The Bertz CT molecular complexity index is 1170. The second-order valence-electron chi connectivity index (χ2n) is 5.70. The lowest BCUT2D eigenvalue weighted by molar-refractivity contribution is 0.102. The zero-order chi connectivity index (χ0) is 21.6. The molecule has 0 saturated carbocycles. The van der Waals surface area contributed by atoms with Gasteiger partial charge in [0, 0.05) is 5.75 Å². The summed E-state index contributed by atoms with van der Waals surface area (Å²) in [5.74, 6) is -0.189. The van der Waals surface area contributed by atoms with Crippen molar-refractivity contribution in [3.8, 4) is 0 Å². The maximum Gasteiger partial charge on any atom is 0.277 e. The Labute approximate surface area is 186 Å². The molecule has 0 saturated heterocycles. The Balaban J connectivity index is 1.62. The smallest absolute Gasteiger partial charge is 0.277 e. The predicted molar refractivity (Wildman–Crippen MR) is 119 cm³/mol. The summed E-state index contributed by atoms with van der Waals surface area (Å²) in [6.45, 7) is 1.46. The van der Waals surface area contributed by atoms with Crippen molar-refractivity contribution in [3.05, 3.63) is 58.9 Å². The first-order valence-electron chi connectivity index (χ1n) is 8.63. The molecule has 0 aliphatic heterocycles. The molecule has 0 unspecified atom stereocenters. The molecular weight excluding hydrogens is 466 g/mol. The molecule has 0 atom stereocenters. The molecule has 30 heavy (non-hydrogen) atoms. The van der Waals surface area contributed by atoms with Crippen LogP contribution in [0.5, 0.6) is 0 Å². The maximum absolute atomic E-state index is 12.5. The molecule has 0 aliphatic rings. The SMILES string of the molecule is CCS(=O)(=O)c1ncc(Cl)c(C(=O)Nc2nnc(SCC=Cc3ccccc3)s2)n1. The largest absolute Gasteiger partial charge is 0.295 e. The third-order valence-corrected chi connectivity index (χ3v) is 7.35. The van der Waals surface area contributed by atoms with Crippen molar-refractivity contribution in [2.75, 3.05) is 16.8 Å². The number of halogens is 1. The van der Waals surface area contributed by atoms with E-state index in [4.69, 9.17) is 11.6 Å². The van der Waals surface area contributed by atoms with Crippen molar-refractivity contribution < 1.29 is 13.2 Å². The summed E-state index contributed by atoms with van der Waals surface area (Å²) in [7, 11) is -3.67. The van der Waals surface area contributed by atoms with Gasteiger partial charge in [0.1, 0.15) is 0 Å². The molecule has 1 N–H and O–H groups in total. The molecular formula is C18H16ClN5O3S3. The predicted octanol–water partition coefficient (Wildman–Crippen LogP) is 3.83. The first kappa shape index (κ1) is 22.3. The quantitative estimate of drug-likeness (QED) is 0.293. The highest BCUT2D eigenvalue weighted by atomic mass is 35.5. The zero-order valence-electron chi connectivity index (χ0n) is 15.6. The van der Waals surface area contributed by atoms with E-state index in [9.17, 15) is 13.2 Å². The molecule has 0 fully saturated rings. The van der Waals surface area contributed by atoms with Gasteiger partial charge in [0.05, 0.1) is 17.0 Å². The van der Waals surface area contributed by atoms with Crippen LogP contribution in [0.3, 0.4) is 0 Å². The van der Waals surface area contributed by atoms with Gasteiger partial charge in [0.15, 0.2) is 10.0 Å². The number of aromatic nitrogens is 4. The number of rotatable bonds is 8. The number of amides is 1. The second kappa shape index (κ2) is 10.1. The number of carbonyl (C=O) groups is 1. The normalized spacial score (nSPS) is 11.7. The van der Waals surface area contributed by atoms with Crippen molar-refractivity contribution in [2.24, 2.45) is 0 Å². The van der Waals surface area contributed by atoms with E-state index in [1.54, 1.807) is 0 Å². The molecule has 0 spiro atoms. The number of thioether (sulfide) groups is 1. The van der Waals surface area contributed by atoms with Gasteiger partial charge in [-0.15, -0.1) is 10.2 Å². The average Bonchev–Trinajstić information content (AvgIpc) is 3.19. The number of benzene rings is 1. The fourth-order valence-electron chi connectivity index (χ4n) is 2.13. The van der Waals surface area contributed by atoms with Gasteiger partial charge < -0.3 is 0 Å². The highest BCUT2D eigenvalue weighted by molar-refractivity contribution is 8.01. The van der Waals surface area contributed by atoms with Gasteiger partial charge in [-0.1, -0.05) is 84.1 Å². The topological polar surface area (TPSA) is 115 Å². The number of nitrogens with one attached hydrogen (secondary N) is 1. The van der Waals surface area contributed by atoms with Crippen molar-refractivity contribution in [3.63, 3.8) is 0 Å². The number of hydrogen-bond donors (Lipinski definition) is 1. The molecule has 156 valence electrons. The van der Waals surface area contributed by atoms with Gasteiger partial charge in [-0.25, -0.2) is 18.4 Å². The van der Waals surface area contributed by atoms with Crippen LogP contribution in [0.25, 0.3) is 6.08 Å². The van der Waals surface area contributed by atoms with Crippen LogP contribution in [0, 0.1) is 0 Å². The lowest BCUT2D eigenvalue weighted by atomic mass is 10.2. The van der Waals surface area contributed by atoms with Gasteiger partial charge in [0.25, 0.3) is 5.91 Å². The molecule has 2 aromatic heterocycles. The van der Waals surface area contributed by atoms with E-state index < -0.39 is 20.9 Å². The lowest BCUT2D eigenvalue weighted by Gasteiger charge is -2.05. The first-order valence-corrected chi connectivity index (χ1v) is 12.5. The minimum absolute atomic E-state index is 0.0623. The van der Waals surface area contributed by atoms with Crippen molar-refractivity contribution in [1.29, 1.82) is 0 Å². The van der Waals surface area contributed by atoms with Gasteiger partial charge in [-0.05, 0) is 5.56 Å². The van der Waals surface area contributed by atoms with Gasteiger partial charge in [0.2, 0.25) is 20.1 Å². The van der Waals surface area contributed by atoms with E-state index in [1.807, 2.05) is 42.5 Å². The van der Waals surface area contributed by atoms with E-state index in [2.05, 4.69) is 25.5 Å². The average molecular weight is 482 g/mol. The van der Waals surface area contributed by atoms with E-state index in [-0.39, 0.29) is 21.6 Å². The third kappa shape index (κ3) is 5.85. The Morgan fingerprint density at radius 2 is 2.03 bits per heavy atom. The van der Waals surface area contributed by atoms with Crippen LogP contribution in [-0.2, 0) is 9.84 Å². The van der Waals surface area contributed by atoms with E-state index in [0.717, 1.165) is 11.8 Å². The minimum Gasteiger partial charge on any atom is -0.295 e. The van der Waals surface area contributed by atoms with Crippen LogP contribution in [-0.4, -0.2) is 46.0 Å². The standard InChI is InChI=1S/C18H16ClN5O3S3/c1-2-30(26,27)17-20-11-13(19)14(21-17)15(25)22-16-23-24-18(29-16)28-10-6-9-12-7-4-3-5-8-12/h3-9,11H,2,10H2,1H3,(H,22,23,25). The van der Waals surface area contributed by atoms with Gasteiger partial charge in [-0.2, -0.15) is 0 Å². The zero-order valence-corrected chi connectivity index (χ0v) is 18.9.